The van der Waals surface area contributed by atoms with Gasteiger partial charge in [-0.2, -0.15) is 0 Å². The Labute approximate surface area is 175 Å². The van der Waals surface area contributed by atoms with Crippen molar-refractivity contribution in [2.45, 2.75) is 16.3 Å². The minimum atomic E-state index is -3.67. The topological polar surface area (TPSA) is 66.5 Å². The van der Waals surface area contributed by atoms with Crippen LogP contribution in [-0.4, -0.2) is 27.6 Å². The molecule has 0 fully saturated rings. The summed E-state index contributed by atoms with van der Waals surface area (Å²) in [5, 5.41) is 2.86. The molecule has 0 radical (unpaired) electrons. The van der Waals surface area contributed by atoms with Gasteiger partial charge in [0, 0.05) is 24.1 Å². The lowest BCUT2D eigenvalue weighted by Gasteiger charge is -2.20. The maximum atomic E-state index is 12.9. The van der Waals surface area contributed by atoms with E-state index in [0.29, 0.717) is 17.8 Å². The number of sulfonamides is 1. The summed E-state index contributed by atoms with van der Waals surface area (Å²) in [6, 6.07) is 22.9. The molecule has 29 heavy (non-hydrogen) atoms. The van der Waals surface area contributed by atoms with Crippen molar-refractivity contribution in [2.75, 3.05) is 17.6 Å². The normalized spacial score (nSPS) is 11.1. The van der Waals surface area contributed by atoms with Gasteiger partial charge in [-0.1, -0.05) is 30.3 Å². The first-order valence-corrected chi connectivity index (χ1v) is 11.6. The Balaban J connectivity index is 1.70. The number of nitrogens with zero attached hydrogens (tertiary/aromatic N) is 1. The van der Waals surface area contributed by atoms with E-state index in [1.54, 1.807) is 60.3 Å². The molecular formula is C22H22N2O3S2. The monoisotopic (exact) mass is 426 g/mol. The third kappa shape index (κ3) is 4.99. The number of amides is 1. The molecule has 0 saturated carbocycles. The second-order valence-electron chi connectivity index (χ2n) is 6.36. The number of anilines is 1. The molecule has 0 unspecified atom stereocenters. The fraction of sp³-hybridized carbons (Fsp3) is 0.136. The maximum absolute atomic E-state index is 12.9. The molecule has 0 bridgehead atoms. The number of carbonyl (C=O) groups is 1. The van der Waals surface area contributed by atoms with Gasteiger partial charge in [0.05, 0.1) is 10.6 Å². The van der Waals surface area contributed by atoms with E-state index in [9.17, 15) is 13.2 Å². The van der Waals surface area contributed by atoms with Crippen LogP contribution in [0.5, 0.6) is 0 Å². The molecule has 0 atom stereocenters. The molecule has 3 aromatic carbocycles. The zero-order valence-electron chi connectivity index (χ0n) is 16.2. The van der Waals surface area contributed by atoms with Gasteiger partial charge in [-0.15, -0.1) is 11.8 Å². The average Bonchev–Trinajstić information content (AvgIpc) is 2.77. The molecule has 150 valence electrons. The van der Waals surface area contributed by atoms with Crippen LogP contribution in [-0.2, 0) is 16.6 Å². The lowest BCUT2D eigenvalue weighted by atomic mass is 10.2. The van der Waals surface area contributed by atoms with E-state index >= 15 is 0 Å². The van der Waals surface area contributed by atoms with E-state index in [0.717, 1.165) is 10.5 Å². The third-order valence-corrected chi connectivity index (χ3v) is 7.05. The smallest absolute Gasteiger partial charge is 0.264 e. The molecule has 3 aromatic rings. The standard InChI is InChI=1S/C22H22N2O3S2/c1-24(29(26,27)21-14-12-20(28-2)13-15-21)19-10-8-18(9-11-19)22(25)23-16-17-6-4-3-5-7-17/h3-15H,16H2,1-2H3,(H,23,25). The molecule has 0 aliphatic carbocycles. The number of hydrogen-bond acceptors (Lipinski definition) is 4. The molecule has 0 aliphatic heterocycles. The number of thioether (sulfide) groups is 1. The van der Waals surface area contributed by atoms with Crippen molar-refractivity contribution in [1.82, 2.24) is 5.32 Å². The highest BCUT2D eigenvalue weighted by Gasteiger charge is 2.21. The summed E-state index contributed by atoms with van der Waals surface area (Å²) in [5.74, 6) is -0.210. The van der Waals surface area contributed by atoms with Crippen LogP contribution in [0.1, 0.15) is 15.9 Å². The van der Waals surface area contributed by atoms with Crippen molar-refractivity contribution in [2.24, 2.45) is 0 Å². The predicted octanol–water partition coefficient (Wildman–Crippen LogP) is 4.16. The predicted molar refractivity (Wildman–Crippen MR) is 118 cm³/mol. The van der Waals surface area contributed by atoms with Crippen molar-refractivity contribution in [3.8, 4) is 0 Å². The van der Waals surface area contributed by atoms with Gasteiger partial charge in [-0.3, -0.25) is 9.10 Å². The first-order valence-electron chi connectivity index (χ1n) is 8.97. The summed E-state index contributed by atoms with van der Waals surface area (Å²) in [6.07, 6.45) is 1.94. The summed E-state index contributed by atoms with van der Waals surface area (Å²) < 4.78 is 26.9. The minimum Gasteiger partial charge on any atom is -0.348 e. The van der Waals surface area contributed by atoms with Gasteiger partial charge >= 0.3 is 0 Å². The van der Waals surface area contributed by atoms with Gasteiger partial charge < -0.3 is 5.32 Å². The van der Waals surface area contributed by atoms with Crippen LogP contribution in [0.2, 0.25) is 0 Å². The summed E-state index contributed by atoms with van der Waals surface area (Å²) >= 11 is 1.55. The van der Waals surface area contributed by atoms with Crippen LogP contribution in [0, 0.1) is 0 Å². The Morgan fingerprint density at radius 3 is 2.14 bits per heavy atom. The second kappa shape index (κ2) is 9.15. The Kier molecular flexibility index (Phi) is 6.61. The second-order valence-corrected chi connectivity index (χ2v) is 9.21. The van der Waals surface area contributed by atoms with Crippen molar-refractivity contribution < 1.29 is 13.2 Å². The Morgan fingerprint density at radius 2 is 1.55 bits per heavy atom. The molecule has 0 heterocycles. The van der Waals surface area contributed by atoms with E-state index in [4.69, 9.17) is 0 Å². The summed E-state index contributed by atoms with van der Waals surface area (Å²) in [4.78, 5) is 13.6. The molecule has 1 N–H and O–H groups in total. The van der Waals surface area contributed by atoms with Crippen molar-refractivity contribution >= 4 is 33.4 Å². The van der Waals surface area contributed by atoms with E-state index in [2.05, 4.69) is 5.32 Å². The number of carbonyl (C=O) groups excluding carboxylic acids is 1. The maximum Gasteiger partial charge on any atom is 0.264 e. The molecule has 3 rings (SSSR count). The molecule has 0 saturated heterocycles. The van der Waals surface area contributed by atoms with E-state index in [-0.39, 0.29) is 10.8 Å². The van der Waals surface area contributed by atoms with Gasteiger partial charge in [0.15, 0.2) is 0 Å². The van der Waals surface area contributed by atoms with Crippen LogP contribution in [0.25, 0.3) is 0 Å². The zero-order valence-corrected chi connectivity index (χ0v) is 17.8. The van der Waals surface area contributed by atoms with E-state index < -0.39 is 10.0 Å². The summed E-state index contributed by atoms with van der Waals surface area (Å²) in [6.45, 7) is 0.432. The van der Waals surface area contributed by atoms with Gasteiger partial charge in [0.25, 0.3) is 15.9 Å². The molecule has 0 aliphatic rings. The van der Waals surface area contributed by atoms with Crippen molar-refractivity contribution in [3.05, 3.63) is 90.0 Å². The average molecular weight is 427 g/mol. The molecular weight excluding hydrogens is 404 g/mol. The highest BCUT2D eigenvalue weighted by Crippen LogP contribution is 2.24. The van der Waals surface area contributed by atoms with Gasteiger partial charge in [0.1, 0.15) is 0 Å². The van der Waals surface area contributed by atoms with E-state index in [1.165, 1.54) is 11.4 Å². The first kappa shape index (κ1) is 21.0. The number of hydrogen-bond donors (Lipinski definition) is 1. The van der Waals surface area contributed by atoms with Crippen LogP contribution in [0.15, 0.2) is 88.7 Å². The Morgan fingerprint density at radius 1 is 0.931 bits per heavy atom. The lowest BCUT2D eigenvalue weighted by molar-refractivity contribution is 0.0951. The highest BCUT2D eigenvalue weighted by molar-refractivity contribution is 7.98. The number of nitrogens with one attached hydrogen (secondary N) is 1. The fourth-order valence-electron chi connectivity index (χ4n) is 2.75. The van der Waals surface area contributed by atoms with Crippen molar-refractivity contribution in [1.29, 1.82) is 0 Å². The minimum absolute atomic E-state index is 0.210. The van der Waals surface area contributed by atoms with Crippen LogP contribution in [0.4, 0.5) is 5.69 Å². The number of benzene rings is 3. The summed E-state index contributed by atoms with van der Waals surface area (Å²) in [7, 11) is -2.17. The number of rotatable bonds is 7. The fourth-order valence-corrected chi connectivity index (χ4v) is 4.35. The van der Waals surface area contributed by atoms with Gasteiger partial charge in [0.2, 0.25) is 0 Å². The largest absolute Gasteiger partial charge is 0.348 e. The Hall–Kier alpha value is -2.77. The molecule has 0 aromatic heterocycles. The molecule has 0 spiro atoms. The molecule has 7 heteroatoms. The van der Waals surface area contributed by atoms with Crippen LogP contribution in [0.3, 0.4) is 0 Å². The lowest BCUT2D eigenvalue weighted by Crippen LogP contribution is -2.27. The van der Waals surface area contributed by atoms with Gasteiger partial charge in [-0.25, -0.2) is 8.42 Å². The quantitative estimate of drug-likeness (QED) is 0.576. The summed E-state index contributed by atoms with van der Waals surface area (Å²) in [5.41, 5.74) is 1.97. The van der Waals surface area contributed by atoms with E-state index in [1.807, 2.05) is 36.6 Å². The SMILES string of the molecule is CSc1ccc(S(=O)(=O)N(C)c2ccc(C(=O)NCc3ccccc3)cc2)cc1. The molecule has 5 nitrogen and oxygen atoms in total. The van der Waals surface area contributed by atoms with Crippen LogP contribution < -0.4 is 9.62 Å². The zero-order chi connectivity index (χ0) is 20.9. The Bertz CT molecular complexity index is 1070. The van der Waals surface area contributed by atoms with Gasteiger partial charge in [-0.05, 0) is 60.4 Å². The first-order chi connectivity index (χ1) is 13.9. The van der Waals surface area contributed by atoms with Crippen molar-refractivity contribution in [3.63, 3.8) is 0 Å². The molecule has 1 amide bonds. The van der Waals surface area contributed by atoms with Crippen LogP contribution >= 0.6 is 11.8 Å². The highest BCUT2D eigenvalue weighted by atomic mass is 32.2. The third-order valence-electron chi connectivity index (χ3n) is 4.51.